The maximum atomic E-state index is 12.3. The van der Waals surface area contributed by atoms with Gasteiger partial charge in [-0.2, -0.15) is 0 Å². The number of carbonyl (C=O) groups excluding carboxylic acids is 1. The summed E-state index contributed by atoms with van der Waals surface area (Å²) in [5.74, 6) is 1.85. The average molecular weight is 341 g/mol. The molecular weight excluding hydrogens is 314 g/mol. The number of carbonyl (C=O) groups is 1. The first kappa shape index (κ1) is 18.8. The van der Waals surface area contributed by atoms with Gasteiger partial charge in [-0.05, 0) is 48.6 Å². The Kier molecular flexibility index (Phi) is 6.87. The van der Waals surface area contributed by atoms with Crippen molar-refractivity contribution in [2.75, 3.05) is 13.7 Å². The minimum Gasteiger partial charge on any atom is -0.497 e. The largest absolute Gasteiger partial charge is 0.497 e. The van der Waals surface area contributed by atoms with Crippen molar-refractivity contribution in [3.63, 3.8) is 0 Å². The van der Waals surface area contributed by atoms with Gasteiger partial charge in [-0.15, -0.1) is 0 Å². The second kappa shape index (κ2) is 9.11. The summed E-state index contributed by atoms with van der Waals surface area (Å²) in [6.07, 6.45) is 0.237. The van der Waals surface area contributed by atoms with Crippen molar-refractivity contribution >= 4 is 5.91 Å². The maximum Gasteiger partial charge on any atom is 0.260 e. The molecule has 2 aromatic rings. The van der Waals surface area contributed by atoms with Crippen molar-refractivity contribution in [1.29, 1.82) is 0 Å². The fraction of sp³-hybridized carbons (Fsp3) is 0.381. The predicted molar refractivity (Wildman–Crippen MR) is 100 cm³/mol. The highest BCUT2D eigenvalue weighted by Crippen LogP contribution is 2.26. The van der Waals surface area contributed by atoms with E-state index in [2.05, 4.69) is 19.2 Å². The van der Waals surface area contributed by atoms with Crippen LogP contribution in [0.1, 0.15) is 37.8 Å². The zero-order valence-electron chi connectivity index (χ0n) is 15.4. The molecule has 0 saturated heterocycles. The highest BCUT2D eigenvalue weighted by Gasteiger charge is 2.16. The van der Waals surface area contributed by atoms with Crippen LogP contribution in [0, 0.1) is 0 Å². The van der Waals surface area contributed by atoms with E-state index < -0.39 is 6.10 Å². The first-order chi connectivity index (χ1) is 12.0. The second-order valence-electron chi connectivity index (χ2n) is 6.34. The lowest BCUT2D eigenvalue weighted by molar-refractivity contribution is -0.127. The van der Waals surface area contributed by atoms with Crippen molar-refractivity contribution < 1.29 is 14.3 Å². The summed E-state index contributed by atoms with van der Waals surface area (Å²) in [5, 5.41) is 2.93. The fourth-order valence-corrected chi connectivity index (χ4v) is 2.57. The topological polar surface area (TPSA) is 47.6 Å². The number of rotatable bonds is 8. The number of methoxy groups -OCH3 is 1. The lowest BCUT2D eigenvalue weighted by Gasteiger charge is -2.18. The minimum atomic E-state index is -0.532. The summed E-state index contributed by atoms with van der Waals surface area (Å²) in [6.45, 7) is 6.58. The van der Waals surface area contributed by atoms with E-state index in [1.54, 1.807) is 14.0 Å². The van der Waals surface area contributed by atoms with Crippen LogP contribution in [-0.4, -0.2) is 25.7 Å². The Balaban J connectivity index is 1.84. The van der Waals surface area contributed by atoms with Crippen molar-refractivity contribution in [3.8, 4) is 11.5 Å². The normalized spacial score (nSPS) is 11.9. The molecule has 4 nitrogen and oxygen atoms in total. The highest BCUT2D eigenvalue weighted by molar-refractivity contribution is 5.80. The zero-order chi connectivity index (χ0) is 18.2. The third kappa shape index (κ3) is 5.52. The Hall–Kier alpha value is -2.49. The third-order valence-electron chi connectivity index (χ3n) is 4.09. The average Bonchev–Trinajstić information content (AvgIpc) is 2.62. The van der Waals surface area contributed by atoms with E-state index >= 15 is 0 Å². The van der Waals surface area contributed by atoms with Gasteiger partial charge in [0.1, 0.15) is 11.5 Å². The predicted octanol–water partition coefficient (Wildman–Crippen LogP) is 3.94. The minimum absolute atomic E-state index is 0.105. The Labute approximate surface area is 150 Å². The standard InChI is InChI=1S/C21H27NO3/c1-15(2)19-7-5-6-8-20(19)25-16(3)21(23)22-14-13-17-9-11-18(24-4)12-10-17/h5-12,15-16H,13-14H2,1-4H3,(H,22,23)/t16-/m0/s1. The number of hydrogen-bond donors (Lipinski definition) is 1. The van der Waals surface area contributed by atoms with Crippen LogP contribution in [0.3, 0.4) is 0 Å². The van der Waals surface area contributed by atoms with Crippen molar-refractivity contribution in [2.24, 2.45) is 0 Å². The van der Waals surface area contributed by atoms with Gasteiger partial charge in [-0.25, -0.2) is 0 Å². The summed E-state index contributed by atoms with van der Waals surface area (Å²) in [6, 6.07) is 15.7. The van der Waals surface area contributed by atoms with E-state index in [1.807, 2.05) is 48.5 Å². The van der Waals surface area contributed by atoms with Crippen molar-refractivity contribution in [1.82, 2.24) is 5.32 Å². The molecule has 1 atom stereocenters. The third-order valence-corrected chi connectivity index (χ3v) is 4.09. The molecule has 0 aromatic heterocycles. The zero-order valence-corrected chi connectivity index (χ0v) is 15.4. The number of amides is 1. The summed E-state index contributed by atoms with van der Waals surface area (Å²) in [7, 11) is 1.65. The van der Waals surface area contributed by atoms with Crippen LogP contribution in [0.5, 0.6) is 11.5 Å². The van der Waals surface area contributed by atoms with E-state index in [4.69, 9.17) is 9.47 Å². The summed E-state index contributed by atoms with van der Waals surface area (Å²) < 4.78 is 11.0. The molecule has 2 aromatic carbocycles. The van der Waals surface area contributed by atoms with Gasteiger partial charge in [0.15, 0.2) is 6.10 Å². The van der Waals surface area contributed by atoms with Crippen LogP contribution in [-0.2, 0) is 11.2 Å². The Morgan fingerprint density at radius 1 is 1.04 bits per heavy atom. The van der Waals surface area contributed by atoms with E-state index in [-0.39, 0.29) is 5.91 Å². The smallest absolute Gasteiger partial charge is 0.260 e. The molecule has 0 heterocycles. The van der Waals surface area contributed by atoms with Gasteiger partial charge in [-0.1, -0.05) is 44.2 Å². The molecule has 4 heteroatoms. The van der Waals surface area contributed by atoms with E-state index in [1.165, 1.54) is 0 Å². The quantitative estimate of drug-likeness (QED) is 0.791. The fourth-order valence-electron chi connectivity index (χ4n) is 2.57. The molecule has 0 radical (unpaired) electrons. The van der Waals surface area contributed by atoms with Crippen LogP contribution in [0.2, 0.25) is 0 Å². The molecule has 134 valence electrons. The first-order valence-electron chi connectivity index (χ1n) is 8.67. The molecule has 0 aliphatic carbocycles. The van der Waals surface area contributed by atoms with E-state index in [0.29, 0.717) is 12.5 Å². The van der Waals surface area contributed by atoms with Crippen LogP contribution < -0.4 is 14.8 Å². The number of benzene rings is 2. The number of ether oxygens (including phenoxy) is 2. The summed E-state index contributed by atoms with van der Waals surface area (Å²) >= 11 is 0. The molecule has 0 bridgehead atoms. The highest BCUT2D eigenvalue weighted by atomic mass is 16.5. The molecule has 0 spiro atoms. The van der Waals surface area contributed by atoms with Gasteiger partial charge in [-0.3, -0.25) is 4.79 Å². The van der Waals surface area contributed by atoms with Gasteiger partial charge >= 0.3 is 0 Å². The SMILES string of the molecule is COc1ccc(CCNC(=O)[C@H](C)Oc2ccccc2C(C)C)cc1. The lowest BCUT2D eigenvalue weighted by Crippen LogP contribution is -2.37. The molecular formula is C21H27NO3. The maximum absolute atomic E-state index is 12.3. The number of nitrogens with one attached hydrogen (secondary N) is 1. The molecule has 1 N–H and O–H groups in total. The molecule has 0 aliphatic heterocycles. The van der Waals surface area contributed by atoms with E-state index in [0.717, 1.165) is 29.0 Å². The summed E-state index contributed by atoms with van der Waals surface area (Å²) in [5.41, 5.74) is 2.26. The monoisotopic (exact) mass is 341 g/mol. The Morgan fingerprint density at radius 2 is 1.72 bits per heavy atom. The van der Waals surface area contributed by atoms with Crippen LogP contribution in [0.25, 0.3) is 0 Å². The Morgan fingerprint density at radius 3 is 2.36 bits per heavy atom. The number of hydrogen-bond acceptors (Lipinski definition) is 3. The molecule has 0 fully saturated rings. The summed E-state index contributed by atoms with van der Waals surface area (Å²) in [4.78, 5) is 12.3. The van der Waals surface area contributed by atoms with Crippen LogP contribution >= 0.6 is 0 Å². The van der Waals surface area contributed by atoms with E-state index in [9.17, 15) is 4.79 Å². The molecule has 1 amide bonds. The van der Waals surface area contributed by atoms with Gasteiger partial charge in [0, 0.05) is 6.54 Å². The molecule has 0 saturated carbocycles. The van der Waals surface area contributed by atoms with Crippen molar-refractivity contribution in [2.45, 2.75) is 39.2 Å². The molecule has 0 unspecified atom stereocenters. The van der Waals surface area contributed by atoms with Gasteiger partial charge < -0.3 is 14.8 Å². The first-order valence-corrected chi connectivity index (χ1v) is 8.67. The van der Waals surface area contributed by atoms with Crippen LogP contribution in [0.4, 0.5) is 0 Å². The van der Waals surface area contributed by atoms with Gasteiger partial charge in [0.05, 0.1) is 7.11 Å². The molecule has 0 aliphatic rings. The molecule has 25 heavy (non-hydrogen) atoms. The van der Waals surface area contributed by atoms with Gasteiger partial charge in [0.2, 0.25) is 0 Å². The van der Waals surface area contributed by atoms with Gasteiger partial charge in [0.25, 0.3) is 5.91 Å². The van der Waals surface area contributed by atoms with Crippen molar-refractivity contribution in [3.05, 3.63) is 59.7 Å². The number of para-hydroxylation sites is 1. The molecule has 2 rings (SSSR count). The second-order valence-corrected chi connectivity index (χ2v) is 6.34. The lowest BCUT2D eigenvalue weighted by atomic mass is 10.0. The van der Waals surface area contributed by atoms with Crippen LogP contribution in [0.15, 0.2) is 48.5 Å². The Bertz CT molecular complexity index is 680.